The van der Waals surface area contributed by atoms with Crippen LogP contribution in [0.2, 0.25) is 5.02 Å². The van der Waals surface area contributed by atoms with E-state index in [0.717, 1.165) is 30.5 Å². The largest absolute Gasteiger partial charge is 0.417 e. The molecule has 1 amide bonds. The van der Waals surface area contributed by atoms with Crippen LogP contribution in [-0.2, 0) is 27.4 Å². The van der Waals surface area contributed by atoms with Gasteiger partial charge in [-0.05, 0) is 71.1 Å². The first kappa shape index (κ1) is 21.5. The van der Waals surface area contributed by atoms with Gasteiger partial charge in [0.1, 0.15) is 4.90 Å². The van der Waals surface area contributed by atoms with Gasteiger partial charge in [0.25, 0.3) is 10.0 Å². The highest BCUT2D eigenvalue weighted by atomic mass is 79.9. The molecule has 1 saturated carbocycles. The summed E-state index contributed by atoms with van der Waals surface area (Å²) in [4.78, 5) is 14.0. The zero-order chi connectivity index (χ0) is 21.8. The van der Waals surface area contributed by atoms with E-state index in [1.165, 1.54) is 6.07 Å². The Morgan fingerprint density at radius 3 is 2.50 bits per heavy atom. The second-order valence-corrected chi connectivity index (χ2v) is 10.1. The van der Waals surface area contributed by atoms with Crippen LogP contribution in [0, 0.1) is 5.92 Å². The molecule has 30 heavy (non-hydrogen) atoms. The standard InChI is InChI=1S/C19H15BrClF3N2O3S/c20-14-7-11-5-6-26(18(27)10-1-2-10)16(11)9-17(14)30(28,29)25-12-3-4-13(15(21)8-12)19(22,23)24/h3-4,7-10,25H,1-2,5-6H2. The van der Waals surface area contributed by atoms with E-state index in [-0.39, 0.29) is 22.4 Å². The smallest absolute Gasteiger partial charge is 0.312 e. The number of carbonyl (C=O) groups is 1. The number of alkyl halides is 3. The number of fused-ring (bicyclic) bond motifs is 1. The van der Waals surface area contributed by atoms with Crippen LogP contribution < -0.4 is 9.62 Å². The molecule has 4 rings (SSSR count). The highest BCUT2D eigenvalue weighted by Crippen LogP contribution is 2.40. The Hall–Kier alpha value is -1.78. The molecule has 1 fully saturated rings. The number of hydrogen-bond acceptors (Lipinski definition) is 3. The second kappa shape index (κ2) is 7.42. The Balaban J connectivity index is 1.66. The summed E-state index contributed by atoms with van der Waals surface area (Å²) in [6, 6.07) is 5.70. The summed E-state index contributed by atoms with van der Waals surface area (Å²) in [6.07, 6.45) is -2.35. The van der Waals surface area contributed by atoms with Crippen molar-refractivity contribution in [3.05, 3.63) is 51.0 Å². The number of amides is 1. The summed E-state index contributed by atoms with van der Waals surface area (Å²) in [6.45, 7) is 0.489. The van der Waals surface area contributed by atoms with Crippen molar-refractivity contribution >= 4 is 54.8 Å². The number of nitrogens with zero attached hydrogens (tertiary/aromatic N) is 1. The van der Waals surface area contributed by atoms with Crippen LogP contribution in [-0.4, -0.2) is 20.9 Å². The van der Waals surface area contributed by atoms with Gasteiger partial charge in [0.2, 0.25) is 5.91 Å². The lowest BCUT2D eigenvalue weighted by molar-refractivity contribution is -0.137. The quantitative estimate of drug-likeness (QED) is 0.597. The molecule has 160 valence electrons. The Labute approximate surface area is 184 Å². The number of nitrogens with one attached hydrogen (secondary N) is 1. The first-order valence-electron chi connectivity index (χ1n) is 9.01. The maximum Gasteiger partial charge on any atom is 0.417 e. The normalized spacial score (nSPS) is 16.5. The number of anilines is 2. The van der Waals surface area contributed by atoms with Gasteiger partial charge in [-0.3, -0.25) is 9.52 Å². The van der Waals surface area contributed by atoms with Gasteiger partial charge in [0, 0.05) is 22.6 Å². The fourth-order valence-electron chi connectivity index (χ4n) is 3.39. The van der Waals surface area contributed by atoms with Crippen LogP contribution in [0.4, 0.5) is 24.5 Å². The van der Waals surface area contributed by atoms with Crippen molar-refractivity contribution in [2.24, 2.45) is 5.92 Å². The lowest BCUT2D eigenvalue weighted by atomic mass is 10.2. The molecule has 1 N–H and O–H groups in total. The maximum atomic E-state index is 12.9. The summed E-state index contributed by atoms with van der Waals surface area (Å²) in [5.41, 5.74) is 0.236. The predicted octanol–water partition coefficient (Wildman–Crippen LogP) is 5.22. The Bertz CT molecular complexity index is 1150. The SMILES string of the molecule is O=C(C1CC1)N1CCc2cc(Br)c(S(=O)(=O)Nc3ccc(C(F)(F)F)c(Cl)c3)cc21. The van der Waals surface area contributed by atoms with E-state index >= 15 is 0 Å². The van der Waals surface area contributed by atoms with Crippen molar-refractivity contribution in [3.63, 3.8) is 0 Å². The number of benzene rings is 2. The fourth-order valence-corrected chi connectivity index (χ4v) is 5.84. The van der Waals surface area contributed by atoms with E-state index in [0.29, 0.717) is 29.2 Å². The topological polar surface area (TPSA) is 66.5 Å². The molecule has 11 heteroatoms. The zero-order valence-electron chi connectivity index (χ0n) is 15.3. The van der Waals surface area contributed by atoms with Crippen LogP contribution in [0.1, 0.15) is 24.0 Å². The van der Waals surface area contributed by atoms with Gasteiger partial charge in [-0.15, -0.1) is 0 Å². The molecule has 0 unspecified atom stereocenters. The molecule has 1 aliphatic heterocycles. The van der Waals surface area contributed by atoms with Gasteiger partial charge in [-0.1, -0.05) is 11.6 Å². The van der Waals surface area contributed by atoms with Gasteiger partial charge in [-0.2, -0.15) is 13.2 Å². The second-order valence-electron chi connectivity index (χ2n) is 7.22. The molecular formula is C19H15BrClF3N2O3S. The van der Waals surface area contributed by atoms with Crippen molar-refractivity contribution < 1.29 is 26.4 Å². The van der Waals surface area contributed by atoms with E-state index in [2.05, 4.69) is 20.7 Å². The molecule has 2 aliphatic rings. The summed E-state index contributed by atoms with van der Waals surface area (Å²) in [5, 5.41) is -0.614. The predicted molar refractivity (Wildman–Crippen MR) is 110 cm³/mol. The van der Waals surface area contributed by atoms with Crippen LogP contribution in [0.5, 0.6) is 0 Å². The van der Waals surface area contributed by atoms with Gasteiger partial charge in [0.05, 0.1) is 16.3 Å². The lowest BCUT2D eigenvalue weighted by Crippen LogP contribution is -2.30. The van der Waals surface area contributed by atoms with Crippen LogP contribution >= 0.6 is 27.5 Å². The van der Waals surface area contributed by atoms with Crippen LogP contribution in [0.25, 0.3) is 0 Å². The van der Waals surface area contributed by atoms with Gasteiger partial charge >= 0.3 is 6.18 Å². The third kappa shape index (κ3) is 4.04. The average Bonchev–Trinajstić information content (AvgIpc) is 3.39. The molecule has 1 heterocycles. The Morgan fingerprint density at radius 1 is 1.20 bits per heavy atom. The summed E-state index contributed by atoms with van der Waals surface area (Å²) < 4.78 is 67.0. The lowest BCUT2D eigenvalue weighted by Gasteiger charge is -2.19. The first-order valence-corrected chi connectivity index (χ1v) is 11.7. The van der Waals surface area contributed by atoms with E-state index in [1.807, 2.05) is 0 Å². The van der Waals surface area contributed by atoms with Gasteiger partial charge in [0.15, 0.2) is 0 Å². The molecule has 0 saturated heterocycles. The van der Waals surface area contributed by atoms with E-state index in [1.54, 1.807) is 11.0 Å². The third-order valence-electron chi connectivity index (χ3n) is 5.04. The highest BCUT2D eigenvalue weighted by Gasteiger charge is 2.37. The summed E-state index contributed by atoms with van der Waals surface area (Å²) in [7, 11) is -4.16. The van der Waals surface area contributed by atoms with Crippen LogP contribution in [0.15, 0.2) is 39.7 Å². The number of hydrogen-bond donors (Lipinski definition) is 1. The van der Waals surface area contributed by atoms with E-state index in [4.69, 9.17) is 11.6 Å². The molecule has 1 aliphatic carbocycles. The molecule has 5 nitrogen and oxygen atoms in total. The first-order chi connectivity index (χ1) is 14.0. The highest BCUT2D eigenvalue weighted by molar-refractivity contribution is 9.10. The Kier molecular flexibility index (Phi) is 5.31. The number of rotatable bonds is 4. The molecular weight excluding hydrogens is 509 g/mol. The van der Waals surface area contributed by atoms with Crippen molar-refractivity contribution in [1.82, 2.24) is 0 Å². The van der Waals surface area contributed by atoms with Gasteiger partial charge in [-0.25, -0.2) is 8.42 Å². The summed E-state index contributed by atoms with van der Waals surface area (Å²) >= 11 is 8.93. The van der Waals surface area contributed by atoms with Gasteiger partial charge < -0.3 is 4.90 Å². The minimum atomic E-state index is -4.64. The average molecular weight is 524 g/mol. The molecule has 0 radical (unpaired) electrons. The molecule has 2 aromatic carbocycles. The number of halogens is 5. The number of sulfonamides is 1. The summed E-state index contributed by atoms with van der Waals surface area (Å²) in [5.74, 6) is -0.0195. The minimum Gasteiger partial charge on any atom is -0.312 e. The molecule has 0 atom stereocenters. The fraction of sp³-hybridized carbons (Fsp3) is 0.316. The van der Waals surface area contributed by atoms with E-state index in [9.17, 15) is 26.4 Å². The minimum absolute atomic E-state index is 0.00734. The van der Waals surface area contributed by atoms with Crippen molar-refractivity contribution in [2.45, 2.75) is 30.3 Å². The zero-order valence-corrected chi connectivity index (χ0v) is 18.4. The van der Waals surface area contributed by atoms with E-state index < -0.39 is 26.8 Å². The maximum absolute atomic E-state index is 12.9. The molecule has 0 aromatic heterocycles. The Morgan fingerprint density at radius 2 is 1.90 bits per heavy atom. The van der Waals surface area contributed by atoms with Crippen LogP contribution in [0.3, 0.4) is 0 Å². The molecule has 0 bridgehead atoms. The monoisotopic (exact) mass is 522 g/mol. The molecule has 0 spiro atoms. The van der Waals surface area contributed by atoms with Crippen molar-refractivity contribution in [3.8, 4) is 0 Å². The third-order valence-corrected chi connectivity index (χ3v) is 7.69. The van der Waals surface area contributed by atoms with Crippen molar-refractivity contribution in [1.29, 1.82) is 0 Å². The molecule has 2 aromatic rings. The van der Waals surface area contributed by atoms with Crippen molar-refractivity contribution in [2.75, 3.05) is 16.2 Å². The number of carbonyl (C=O) groups excluding carboxylic acids is 1.